The predicted molar refractivity (Wildman–Crippen MR) is 76.6 cm³/mol. The van der Waals surface area contributed by atoms with Gasteiger partial charge in [0.25, 0.3) is 0 Å². The van der Waals surface area contributed by atoms with E-state index in [1.54, 1.807) is 0 Å². The van der Waals surface area contributed by atoms with Crippen LogP contribution in [0.15, 0.2) is 29.3 Å². The molecule has 0 atom stereocenters. The molecular formula is C14H22N4. The van der Waals surface area contributed by atoms with Crippen molar-refractivity contribution in [2.75, 3.05) is 18.0 Å². The lowest BCUT2D eigenvalue weighted by atomic mass is 10.1. The molecule has 0 spiro atoms. The van der Waals surface area contributed by atoms with Gasteiger partial charge in [0.15, 0.2) is 0 Å². The van der Waals surface area contributed by atoms with E-state index in [4.69, 9.17) is 5.84 Å². The molecule has 18 heavy (non-hydrogen) atoms. The molecule has 0 saturated heterocycles. The van der Waals surface area contributed by atoms with E-state index in [9.17, 15) is 0 Å². The predicted octanol–water partition coefficient (Wildman–Crippen LogP) is 2.06. The highest BCUT2D eigenvalue weighted by Crippen LogP contribution is 2.25. The van der Waals surface area contributed by atoms with E-state index >= 15 is 0 Å². The number of hydrogen-bond donors (Lipinski definition) is 2. The Morgan fingerprint density at radius 1 is 1.39 bits per heavy atom. The Hall–Kier alpha value is -1.55. The summed E-state index contributed by atoms with van der Waals surface area (Å²) in [6.45, 7) is 3.90. The Labute approximate surface area is 109 Å². The van der Waals surface area contributed by atoms with E-state index in [-0.39, 0.29) is 0 Å². The first-order chi connectivity index (χ1) is 8.86. The number of anilines is 1. The average Bonchev–Trinajstić information content (AvgIpc) is 2.63. The van der Waals surface area contributed by atoms with Crippen molar-refractivity contribution in [1.29, 1.82) is 0 Å². The summed E-state index contributed by atoms with van der Waals surface area (Å²) in [5, 5.41) is 0. The van der Waals surface area contributed by atoms with Crippen molar-refractivity contribution < 1.29 is 0 Å². The van der Waals surface area contributed by atoms with Crippen molar-refractivity contribution in [1.82, 2.24) is 5.43 Å². The third-order valence-electron chi connectivity index (χ3n) is 3.23. The van der Waals surface area contributed by atoms with Gasteiger partial charge in [-0.05, 0) is 37.3 Å². The van der Waals surface area contributed by atoms with Gasteiger partial charge in [-0.25, -0.2) is 5.84 Å². The van der Waals surface area contributed by atoms with Crippen LogP contribution in [0.25, 0.3) is 0 Å². The zero-order valence-corrected chi connectivity index (χ0v) is 11.0. The molecule has 3 N–H and O–H groups in total. The number of hydrogen-bond acceptors (Lipinski definition) is 2. The van der Waals surface area contributed by atoms with E-state index in [0.717, 1.165) is 31.9 Å². The minimum absolute atomic E-state index is 0.784. The van der Waals surface area contributed by atoms with Gasteiger partial charge in [0.2, 0.25) is 5.96 Å². The number of nitrogens with one attached hydrogen (secondary N) is 1. The molecule has 1 aromatic carbocycles. The van der Waals surface area contributed by atoms with E-state index in [1.165, 1.54) is 24.1 Å². The largest absolute Gasteiger partial charge is 0.311 e. The lowest BCUT2D eigenvalue weighted by Crippen LogP contribution is -2.45. The van der Waals surface area contributed by atoms with Gasteiger partial charge in [-0.1, -0.05) is 25.1 Å². The van der Waals surface area contributed by atoms with Crippen molar-refractivity contribution in [3.8, 4) is 0 Å². The monoisotopic (exact) mass is 246 g/mol. The molecular weight excluding hydrogens is 224 g/mol. The molecule has 2 rings (SSSR count). The number of benzene rings is 1. The highest BCUT2D eigenvalue weighted by molar-refractivity contribution is 5.96. The fourth-order valence-corrected chi connectivity index (χ4v) is 2.34. The van der Waals surface area contributed by atoms with Crippen molar-refractivity contribution in [2.45, 2.75) is 32.6 Å². The van der Waals surface area contributed by atoms with Crippen molar-refractivity contribution in [3.63, 3.8) is 0 Å². The third kappa shape index (κ3) is 2.82. The van der Waals surface area contributed by atoms with Crippen LogP contribution in [0, 0.1) is 0 Å². The van der Waals surface area contributed by atoms with Crippen LogP contribution in [0.2, 0.25) is 0 Å². The van der Waals surface area contributed by atoms with Crippen LogP contribution in [0.3, 0.4) is 0 Å². The third-order valence-corrected chi connectivity index (χ3v) is 3.23. The summed E-state index contributed by atoms with van der Waals surface area (Å²) in [5.41, 5.74) is 5.37. The Morgan fingerprint density at radius 3 is 3.00 bits per heavy atom. The number of nitrogens with two attached hydrogens (primary N) is 1. The number of rotatable bonds is 2. The molecule has 98 valence electrons. The van der Waals surface area contributed by atoms with Gasteiger partial charge in [0.05, 0.1) is 0 Å². The number of aliphatic imine (C=N–C) groups is 1. The summed E-state index contributed by atoms with van der Waals surface area (Å²) < 4.78 is 0. The maximum Gasteiger partial charge on any atom is 0.212 e. The van der Waals surface area contributed by atoms with Crippen LogP contribution >= 0.6 is 0 Å². The number of nitrogens with zero attached hydrogens (tertiary/aromatic N) is 2. The molecule has 1 aliphatic rings. The number of para-hydroxylation sites is 1. The summed E-state index contributed by atoms with van der Waals surface area (Å²) in [6.07, 6.45) is 4.56. The quantitative estimate of drug-likeness (QED) is 0.363. The van der Waals surface area contributed by atoms with Crippen LogP contribution in [-0.2, 0) is 6.42 Å². The second-order valence-corrected chi connectivity index (χ2v) is 4.59. The summed E-state index contributed by atoms with van der Waals surface area (Å²) in [7, 11) is 0. The second kappa shape index (κ2) is 6.40. The van der Waals surface area contributed by atoms with Crippen LogP contribution in [0.5, 0.6) is 0 Å². The van der Waals surface area contributed by atoms with Crippen molar-refractivity contribution in [3.05, 3.63) is 29.8 Å². The first kappa shape index (κ1) is 12.9. The fourth-order valence-electron chi connectivity index (χ4n) is 2.34. The molecule has 0 bridgehead atoms. The Kier molecular flexibility index (Phi) is 4.59. The molecule has 1 aromatic rings. The van der Waals surface area contributed by atoms with Gasteiger partial charge in [-0.3, -0.25) is 10.4 Å². The lowest BCUT2D eigenvalue weighted by molar-refractivity contribution is 0.756. The molecule has 0 amide bonds. The van der Waals surface area contributed by atoms with Crippen LogP contribution < -0.4 is 16.2 Å². The number of aryl methyl sites for hydroxylation is 1. The zero-order chi connectivity index (χ0) is 12.8. The smallest absolute Gasteiger partial charge is 0.212 e. The number of guanidine groups is 1. The van der Waals surface area contributed by atoms with E-state index in [2.05, 4.69) is 46.5 Å². The maximum absolute atomic E-state index is 5.63. The van der Waals surface area contributed by atoms with Gasteiger partial charge in [-0.2, -0.15) is 0 Å². The molecule has 0 saturated carbocycles. The summed E-state index contributed by atoms with van der Waals surface area (Å²) in [6, 6.07) is 8.52. The van der Waals surface area contributed by atoms with E-state index in [0.29, 0.717) is 0 Å². The molecule has 0 radical (unpaired) electrons. The van der Waals surface area contributed by atoms with Gasteiger partial charge < -0.3 is 4.90 Å². The van der Waals surface area contributed by atoms with Crippen LogP contribution in [-0.4, -0.2) is 19.0 Å². The Morgan fingerprint density at radius 2 is 2.22 bits per heavy atom. The minimum atomic E-state index is 0.784. The van der Waals surface area contributed by atoms with Gasteiger partial charge in [-0.15, -0.1) is 0 Å². The van der Waals surface area contributed by atoms with E-state index in [1.807, 2.05) is 0 Å². The molecule has 4 heteroatoms. The molecule has 1 heterocycles. The van der Waals surface area contributed by atoms with Crippen molar-refractivity contribution in [2.24, 2.45) is 10.8 Å². The number of fused-ring (bicyclic) bond motifs is 1. The SMILES string of the molecule is CCCN=C(NN)N1CCCCc2ccccc21. The van der Waals surface area contributed by atoms with Gasteiger partial charge in [0.1, 0.15) is 0 Å². The fraction of sp³-hybridized carbons (Fsp3) is 0.500. The molecule has 0 fully saturated rings. The summed E-state index contributed by atoms with van der Waals surface area (Å²) in [5.74, 6) is 6.41. The maximum atomic E-state index is 5.63. The molecule has 4 nitrogen and oxygen atoms in total. The Bertz CT molecular complexity index is 414. The van der Waals surface area contributed by atoms with Crippen LogP contribution in [0.4, 0.5) is 5.69 Å². The number of hydrazine groups is 1. The topological polar surface area (TPSA) is 53.6 Å². The highest BCUT2D eigenvalue weighted by atomic mass is 15.4. The molecule has 0 aliphatic carbocycles. The Balaban J connectivity index is 2.31. The highest BCUT2D eigenvalue weighted by Gasteiger charge is 2.18. The second-order valence-electron chi connectivity index (χ2n) is 4.59. The van der Waals surface area contributed by atoms with Gasteiger partial charge >= 0.3 is 0 Å². The zero-order valence-electron chi connectivity index (χ0n) is 11.0. The minimum Gasteiger partial charge on any atom is -0.311 e. The van der Waals surface area contributed by atoms with Crippen molar-refractivity contribution >= 4 is 11.6 Å². The van der Waals surface area contributed by atoms with E-state index < -0.39 is 0 Å². The average molecular weight is 246 g/mol. The standard InChI is InChI=1S/C14H22N4/c1-2-10-16-14(17-15)18-11-6-5-8-12-7-3-4-9-13(12)18/h3-4,7,9H,2,5-6,8,10-11,15H2,1H3,(H,16,17). The summed E-state index contributed by atoms with van der Waals surface area (Å²) in [4.78, 5) is 6.74. The molecule has 0 unspecified atom stereocenters. The normalized spacial score (nSPS) is 16.1. The van der Waals surface area contributed by atoms with Crippen LogP contribution in [0.1, 0.15) is 31.7 Å². The molecule has 0 aromatic heterocycles. The first-order valence-electron chi connectivity index (χ1n) is 6.73. The first-order valence-corrected chi connectivity index (χ1v) is 6.73. The molecule has 1 aliphatic heterocycles. The van der Waals surface area contributed by atoms with Gasteiger partial charge in [0, 0.05) is 18.8 Å². The lowest BCUT2D eigenvalue weighted by Gasteiger charge is -2.25. The summed E-state index contributed by atoms with van der Waals surface area (Å²) >= 11 is 0.